The molecule has 2 amide bonds. The van der Waals surface area contributed by atoms with Gasteiger partial charge in [0.25, 0.3) is 11.8 Å². The number of carbonyl (C=O) groups is 2. The van der Waals surface area contributed by atoms with Gasteiger partial charge < -0.3 is 10.2 Å². The highest BCUT2D eigenvalue weighted by Gasteiger charge is 2.38. The quantitative estimate of drug-likeness (QED) is 0.825. The van der Waals surface area contributed by atoms with Gasteiger partial charge in [0.05, 0.1) is 5.57 Å². The molecule has 0 unspecified atom stereocenters. The zero-order valence-corrected chi connectivity index (χ0v) is 16.5. The summed E-state index contributed by atoms with van der Waals surface area (Å²) >= 11 is 0. The molecular formula is C22H25N3O2. The second-order valence-electron chi connectivity index (χ2n) is 6.99. The minimum Gasteiger partial charge on any atom is -0.378 e. The molecule has 1 aliphatic heterocycles. The normalized spacial score (nSPS) is 14.2. The Bertz CT molecular complexity index is 927. The first kappa shape index (κ1) is 18.7. The molecule has 2 aromatic rings. The van der Waals surface area contributed by atoms with E-state index in [0.29, 0.717) is 17.8 Å². The van der Waals surface area contributed by atoms with Gasteiger partial charge >= 0.3 is 0 Å². The Labute approximate surface area is 160 Å². The summed E-state index contributed by atoms with van der Waals surface area (Å²) in [6.07, 6.45) is 0. The van der Waals surface area contributed by atoms with Crippen LogP contribution in [0.4, 0.5) is 11.4 Å². The number of rotatable bonds is 5. The van der Waals surface area contributed by atoms with Crippen molar-refractivity contribution < 1.29 is 9.59 Å². The molecule has 1 aliphatic rings. The Balaban J connectivity index is 2.07. The second-order valence-corrected chi connectivity index (χ2v) is 6.99. The van der Waals surface area contributed by atoms with Gasteiger partial charge in [0.1, 0.15) is 5.70 Å². The fraction of sp³-hybridized carbons (Fsp3) is 0.273. The molecule has 0 radical (unpaired) electrons. The van der Waals surface area contributed by atoms with Crippen LogP contribution in [0.3, 0.4) is 0 Å². The van der Waals surface area contributed by atoms with E-state index in [1.54, 1.807) is 0 Å². The lowest BCUT2D eigenvalue weighted by atomic mass is 9.97. The Morgan fingerprint density at radius 1 is 0.963 bits per heavy atom. The van der Waals surface area contributed by atoms with Crippen molar-refractivity contribution in [2.45, 2.75) is 20.8 Å². The zero-order valence-electron chi connectivity index (χ0n) is 16.5. The van der Waals surface area contributed by atoms with E-state index >= 15 is 0 Å². The summed E-state index contributed by atoms with van der Waals surface area (Å²) in [4.78, 5) is 29.1. The summed E-state index contributed by atoms with van der Waals surface area (Å²) in [6, 6.07) is 13.7. The van der Waals surface area contributed by atoms with Crippen LogP contribution in [0.5, 0.6) is 0 Å². The molecule has 1 heterocycles. The molecule has 1 N–H and O–H groups in total. The minimum absolute atomic E-state index is 0.248. The Hall–Kier alpha value is -3.08. The van der Waals surface area contributed by atoms with Crippen LogP contribution in [-0.4, -0.2) is 37.4 Å². The number of nitrogens with zero attached hydrogens (tertiary/aromatic N) is 2. The van der Waals surface area contributed by atoms with Crippen molar-refractivity contribution in [1.29, 1.82) is 0 Å². The monoisotopic (exact) mass is 363 g/mol. The number of imide groups is 1. The van der Waals surface area contributed by atoms with E-state index in [1.165, 1.54) is 4.90 Å². The highest BCUT2D eigenvalue weighted by molar-refractivity contribution is 6.36. The molecule has 0 spiro atoms. The molecule has 3 rings (SSSR count). The van der Waals surface area contributed by atoms with Crippen LogP contribution < -0.4 is 10.2 Å². The molecule has 0 bridgehead atoms. The number of likely N-dealkylation sites (N-methyl/N-ethyl adjacent to an activating group) is 1. The largest absolute Gasteiger partial charge is 0.378 e. The van der Waals surface area contributed by atoms with Gasteiger partial charge in [-0.25, -0.2) is 0 Å². The van der Waals surface area contributed by atoms with E-state index < -0.39 is 0 Å². The summed E-state index contributed by atoms with van der Waals surface area (Å²) in [6.45, 7) is 6.13. The number of anilines is 2. The van der Waals surface area contributed by atoms with Gasteiger partial charge in [0, 0.05) is 32.0 Å². The summed E-state index contributed by atoms with van der Waals surface area (Å²) in [5.41, 5.74) is 5.51. The number of carbonyl (C=O) groups excluding carboxylic acids is 2. The van der Waals surface area contributed by atoms with Crippen LogP contribution in [-0.2, 0) is 9.59 Å². The number of amides is 2. The van der Waals surface area contributed by atoms with Crippen molar-refractivity contribution in [2.24, 2.45) is 0 Å². The molecule has 0 aromatic heterocycles. The third kappa shape index (κ3) is 3.45. The average Bonchev–Trinajstić information content (AvgIpc) is 2.85. The van der Waals surface area contributed by atoms with E-state index in [9.17, 15) is 9.59 Å². The first-order valence-electron chi connectivity index (χ1n) is 9.06. The molecule has 2 aromatic carbocycles. The van der Waals surface area contributed by atoms with Crippen molar-refractivity contribution in [1.82, 2.24) is 4.90 Å². The molecule has 0 saturated heterocycles. The zero-order chi connectivity index (χ0) is 19.7. The second kappa shape index (κ2) is 7.27. The van der Waals surface area contributed by atoms with E-state index in [2.05, 4.69) is 5.32 Å². The SMILES string of the molecule is CCN1C(=O)C(Nc2ccc(N(C)C)cc2)=C(c2ccc(C)cc2C)C1=O. The Morgan fingerprint density at radius 3 is 2.19 bits per heavy atom. The van der Waals surface area contributed by atoms with Crippen LogP contribution in [0.2, 0.25) is 0 Å². The molecule has 5 heteroatoms. The van der Waals surface area contributed by atoms with Crippen LogP contribution in [0.1, 0.15) is 23.6 Å². The van der Waals surface area contributed by atoms with Crippen molar-refractivity contribution in [3.63, 3.8) is 0 Å². The van der Waals surface area contributed by atoms with Gasteiger partial charge in [-0.3, -0.25) is 14.5 Å². The predicted octanol–water partition coefficient (Wildman–Crippen LogP) is 3.58. The molecule has 0 atom stereocenters. The average molecular weight is 363 g/mol. The summed E-state index contributed by atoms with van der Waals surface area (Å²) < 4.78 is 0. The first-order valence-corrected chi connectivity index (χ1v) is 9.06. The molecule has 0 aliphatic carbocycles. The number of hydrogen-bond acceptors (Lipinski definition) is 4. The van der Waals surface area contributed by atoms with E-state index in [4.69, 9.17) is 0 Å². The van der Waals surface area contributed by atoms with Crippen LogP contribution in [0.15, 0.2) is 48.2 Å². The molecule has 27 heavy (non-hydrogen) atoms. The van der Waals surface area contributed by atoms with Crippen LogP contribution >= 0.6 is 0 Å². The first-order chi connectivity index (χ1) is 12.8. The van der Waals surface area contributed by atoms with Crippen molar-refractivity contribution in [2.75, 3.05) is 30.9 Å². The molecule has 0 fully saturated rings. The smallest absolute Gasteiger partial charge is 0.278 e. The maximum absolute atomic E-state index is 12.9. The van der Waals surface area contributed by atoms with Gasteiger partial charge in [0.15, 0.2) is 0 Å². The van der Waals surface area contributed by atoms with Gasteiger partial charge in [-0.15, -0.1) is 0 Å². The molecule has 140 valence electrons. The molecular weight excluding hydrogens is 338 g/mol. The maximum Gasteiger partial charge on any atom is 0.278 e. The van der Waals surface area contributed by atoms with Gasteiger partial charge in [-0.2, -0.15) is 0 Å². The van der Waals surface area contributed by atoms with Crippen LogP contribution in [0.25, 0.3) is 5.57 Å². The minimum atomic E-state index is -0.283. The van der Waals surface area contributed by atoms with Crippen molar-refractivity contribution in [3.05, 3.63) is 64.9 Å². The maximum atomic E-state index is 12.9. The summed E-state index contributed by atoms with van der Waals surface area (Å²) in [7, 11) is 3.95. The van der Waals surface area contributed by atoms with Crippen LogP contribution in [0, 0.1) is 13.8 Å². The number of hydrogen-bond donors (Lipinski definition) is 1. The molecule has 5 nitrogen and oxygen atoms in total. The lowest BCUT2D eigenvalue weighted by molar-refractivity contribution is -0.136. The van der Waals surface area contributed by atoms with E-state index in [0.717, 1.165) is 28.1 Å². The fourth-order valence-electron chi connectivity index (χ4n) is 3.31. The topological polar surface area (TPSA) is 52.7 Å². The predicted molar refractivity (Wildman–Crippen MR) is 110 cm³/mol. The summed E-state index contributed by atoms with van der Waals surface area (Å²) in [5.74, 6) is -0.531. The standard InChI is InChI=1S/C22H25N3O2/c1-6-25-21(26)19(18-12-7-14(2)13-15(18)3)20(22(25)27)23-16-8-10-17(11-9-16)24(4)5/h7-13,23H,6H2,1-5H3. The summed E-state index contributed by atoms with van der Waals surface area (Å²) in [5, 5.41) is 3.19. The van der Waals surface area contributed by atoms with Gasteiger partial charge in [-0.05, 0) is 56.2 Å². The number of aryl methyl sites for hydroxylation is 2. The third-order valence-electron chi connectivity index (χ3n) is 4.79. The lowest BCUT2D eigenvalue weighted by Gasteiger charge is -2.14. The fourth-order valence-corrected chi connectivity index (χ4v) is 3.31. The highest BCUT2D eigenvalue weighted by atomic mass is 16.2. The van der Waals surface area contributed by atoms with E-state index in [1.807, 2.05) is 82.2 Å². The van der Waals surface area contributed by atoms with Gasteiger partial charge in [0.2, 0.25) is 0 Å². The molecule has 0 saturated carbocycles. The highest BCUT2D eigenvalue weighted by Crippen LogP contribution is 2.32. The lowest BCUT2D eigenvalue weighted by Crippen LogP contribution is -2.32. The Kier molecular flexibility index (Phi) is 5.04. The van der Waals surface area contributed by atoms with E-state index in [-0.39, 0.29) is 11.8 Å². The number of nitrogens with one attached hydrogen (secondary N) is 1. The van der Waals surface area contributed by atoms with Gasteiger partial charge in [-0.1, -0.05) is 23.8 Å². The Morgan fingerprint density at radius 2 is 1.63 bits per heavy atom. The van der Waals surface area contributed by atoms with Crippen molar-refractivity contribution >= 4 is 28.8 Å². The van der Waals surface area contributed by atoms with Crippen molar-refractivity contribution in [3.8, 4) is 0 Å². The number of benzene rings is 2. The third-order valence-corrected chi connectivity index (χ3v) is 4.79.